The minimum Gasteiger partial charge on any atom is -0.478 e. The van der Waals surface area contributed by atoms with Gasteiger partial charge in [-0.3, -0.25) is 0 Å². The Bertz CT molecular complexity index is 480. The molecule has 2 aliphatic rings. The molecule has 1 aromatic rings. The van der Waals surface area contributed by atoms with Crippen LogP contribution in [-0.4, -0.2) is 29.1 Å². The largest absolute Gasteiger partial charge is 0.478 e. The summed E-state index contributed by atoms with van der Waals surface area (Å²) in [7, 11) is 0. The number of nitrogens with zero attached hydrogens (tertiary/aromatic N) is 2. The Morgan fingerprint density at radius 2 is 2.06 bits per heavy atom. The molecule has 2 fully saturated rings. The zero-order valence-electron chi connectivity index (χ0n) is 9.97. The van der Waals surface area contributed by atoms with E-state index in [0.717, 1.165) is 30.7 Å². The molecule has 2 unspecified atom stereocenters. The van der Waals surface area contributed by atoms with Crippen LogP contribution in [0.2, 0.25) is 5.02 Å². The Kier molecular flexibility index (Phi) is 2.90. The zero-order valence-corrected chi connectivity index (χ0v) is 10.7. The highest BCUT2D eigenvalue weighted by atomic mass is 35.5. The molecule has 1 saturated heterocycles. The van der Waals surface area contributed by atoms with Crippen molar-refractivity contribution in [2.24, 2.45) is 11.8 Å². The lowest BCUT2D eigenvalue weighted by atomic mass is 10.0. The molecule has 1 aliphatic carbocycles. The summed E-state index contributed by atoms with van der Waals surface area (Å²) >= 11 is 5.83. The first-order valence-electron chi connectivity index (χ1n) is 6.29. The maximum Gasteiger partial charge on any atom is 0.337 e. The molecule has 1 N–H and O–H groups in total. The monoisotopic (exact) mass is 266 g/mol. The maximum absolute atomic E-state index is 11.1. The van der Waals surface area contributed by atoms with Crippen molar-refractivity contribution in [1.82, 2.24) is 4.98 Å². The Morgan fingerprint density at radius 1 is 1.39 bits per heavy atom. The Hall–Kier alpha value is -1.29. The molecule has 0 radical (unpaired) electrons. The summed E-state index contributed by atoms with van der Waals surface area (Å²) in [4.78, 5) is 17.5. The Labute approximate surface area is 111 Å². The number of fused-ring (bicyclic) bond motifs is 1. The third-order valence-electron chi connectivity index (χ3n) is 4.12. The first-order valence-corrected chi connectivity index (χ1v) is 6.66. The molecule has 0 amide bonds. The minimum absolute atomic E-state index is 0.138. The second-order valence-electron chi connectivity index (χ2n) is 5.18. The third kappa shape index (κ3) is 1.94. The summed E-state index contributed by atoms with van der Waals surface area (Å²) in [5.41, 5.74) is 0.138. The molecular formula is C13H15ClN2O2. The van der Waals surface area contributed by atoms with Crippen LogP contribution in [0.3, 0.4) is 0 Å². The highest BCUT2D eigenvalue weighted by molar-refractivity contribution is 6.33. The van der Waals surface area contributed by atoms with E-state index in [1.165, 1.54) is 25.5 Å². The summed E-state index contributed by atoms with van der Waals surface area (Å²) in [5, 5.41) is 9.26. The standard InChI is InChI=1S/C13H15ClN2O2/c14-11-5-15-12(4-10(11)13(17)18)16-6-8-2-1-3-9(8)7-16/h4-5,8-9H,1-3,6-7H2,(H,17,18). The maximum atomic E-state index is 11.1. The number of hydrogen-bond donors (Lipinski definition) is 1. The van der Waals surface area contributed by atoms with Gasteiger partial charge in [0, 0.05) is 19.3 Å². The van der Waals surface area contributed by atoms with Gasteiger partial charge in [-0.15, -0.1) is 0 Å². The van der Waals surface area contributed by atoms with Crippen molar-refractivity contribution in [3.8, 4) is 0 Å². The second-order valence-corrected chi connectivity index (χ2v) is 5.59. The van der Waals surface area contributed by atoms with Crippen LogP contribution in [0.1, 0.15) is 29.6 Å². The molecule has 96 valence electrons. The van der Waals surface area contributed by atoms with Crippen LogP contribution in [0.15, 0.2) is 12.3 Å². The SMILES string of the molecule is O=C(O)c1cc(N2CC3CCCC3C2)ncc1Cl. The van der Waals surface area contributed by atoms with Gasteiger partial charge in [0.1, 0.15) is 5.82 Å². The predicted octanol–water partition coefficient (Wildman–Crippen LogP) is 2.67. The number of halogens is 1. The average Bonchev–Trinajstić information content (AvgIpc) is 2.89. The lowest BCUT2D eigenvalue weighted by molar-refractivity contribution is 0.0697. The molecule has 2 heterocycles. The van der Waals surface area contributed by atoms with E-state index in [4.69, 9.17) is 16.7 Å². The number of carbonyl (C=O) groups is 1. The van der Waals surface area contributed by atoms with Crippen LogP contribution in [0.25, 0.3) is 0 Å². The minimum atomic E-state index is -0.997. The van der Waals surface area contributed by atoms with Crippen LogP contribution in [-0.2, 0) is 0 Å². The normalized spacial score (nSPS) is 26.4. The molecule has 4 nitrogen and oxygen atoms in total. The third-order valence-corrected chi connectivity index (χ3v) is 4.42. The fraction of sp³-hybridized carbons (Fsp3) is 0.538. The summed E-state index contributed by atoms with van der Waals surface area (Å²) in [6.07, 6.45) is 5.35. The van der Waals surface area contributed by atoms with E-state index in [1.54, 1.807) is 6.07 Å². The van der Waals surface area contributed by atoms with Crippen LogP contribution >= 0.6 is 11.6 Å². The highest BCUT2D eigenvalue weighted by Gasteiger charge is 2.36. The van der Waals surface area contributed by atoms with Crippen molar-refractivity contribution >= 4 is 23.4 Å². The van der Waals surface area contributed by atoms with Crippen molar-refractivity contribution < 1.29 is 9.90 Å². The molecule has 1 saturated carbocycles. The molecule has 0 spiro atoms. The molecule has 5 heteroatoms. The molecule has 2 atom stereocenters. The van der Waals surface area contributed by atoms with Gasteiger partial charge in [-0.05, 0) is 30.7 Å². The van der Waals surface area contributed by atoms with Gasteiger partial charge in [0.25, 0.3) is 0 Å². The van der Waals surface area contributed by atoms with E-state index in [9.17, 15) is 4.79 Å². The van der Waals surface area contributed by atoms with Crippen LogP contribution < -0.4 is 4.90 Å². The van der Waals surface area contributed by atoms with Crippen molar-refractivity contribution in [3.63, 3.8) is 0 Å². The fourth-order valence-corrected chi connectivity index (χ4v) is 3.37. The summed E-state index contributed by atoms with van der Waals surface area (Å²) < 4.78 is 0. The van der Waals surface area contributed by atoms with Crippen molar-refractivity contribution in [2.75, 3.05) is 18.0 Å². The van der Waals surface area contributed by atoms with E-state index in [2.05, 4.69) is 9.88 Å². The van der Waals surface area contributed by atoms with Gasteiger partial charge in [0.05, 0.1) is 10.6 Å². The van der Waals surface area contributed by atoms with Gasteiger partial charge < -0.3 is 10.0 Å². The summed E-state index contributed by atoms with van der Waals surface area (Å²) in [6.45, 7) is 2.00. The lowest BCUT2D eigenvalue weighted by Gasteiger charge is -2.18. The molecule has 3 rings (SSSR count). The zero-order chi connectivity index (χ0) is 12.7. The Balaban J connectivity index is 1.85. The topological polar surface area (TPSA) is 53.4 Å². The average molecular weight is 267 g/mol. The number of hydrogen-bond acceptors (Lipinski definition) is 3. The van der Waals surface area contributed by atoms with Gasteiger partial charge in [-0.2, -0.15) is 0 Å². The second kappa shape index (κ2) is 4.43. The van der Waals surface area contributed by atoms with Crippen LogP contribution in [0, 0.1) is 11.8 Å². The van der Waals surface area contributed by atoms with Crippen LogP contribution in [0.5, 0.6) is 0 Å². The van der Waals surface area contributed by atoms with Crippen molar-refractivity contribution in [3.05, 3.63) is 22.8 Å². The number of carboxylic acid groups (broad SMARTS) is 1. The van der Waals surface area contributed by atoms with Gasteiger partial charge >= 0.3 is 5.97 Å². The molecule has 0 bridgehead atoms. The number of pyridine rings is 1. The van der Waals surface area contributed by atoms with Gasteiger partial charge in [-0.1, -0.05) is 18.0 Å². The van der Waals surface area contributed by atoms with E-state index in [-0.39, 0.29) is 10.6 Å². The van der Waals surface area contributed by atoms with Gasteiger partial charge in [0.2, 0.25) is 0 Å². The number of rotatable bonds is 2. The van der Waals surface area contributed by atoms with Crippen LogP contribution in [0.4, 0.5) is 5.82 Å². The number of carboxylic acids is 1. The predicted molar refractivity (Wildman–Crippen MR) is 69.3 cm³/mol. The number of anilines is 1. The smallest absolute Gasteiger partial charge is 0.337 e. The quantitative estimate of drug-likeness (QED) is 0.894. The lowest BCUT2D eigenvalue weighted by Crippen LogP contribution is -2.22. The molecule has 18 heavy (non-hydrogen) atoms. The first kappa shape index (κ1) is 11.8. The van der Waals surface area contributed by atoms with E-state index in [1.807, 2.05) is 0 Å². The molecule has 1 aliphatic heterocycles. The molecular weight excluding hydrogens is 252 g/mol. The van der Waals surface area contributed by atoms with E-state index in [0.29, 0.717) is 0 Å². The van der Waals surface area contributed by atoms with E-state index < -0.39 is 5.97 Å². The number of aromatic carboxylic acids is 1. The van der Waals surface area contributed by atoms with Crippen molar-refractivity contribution in [2.45, 2.75) is 19.3 Å². The Morgan fingerprint density at radius 3 is 2.67 bits per heavy atom. The molecule has 0 aromatic carbocycles. The summed E-state index contributed by atoms with van der Waals surface area (Å²) in [5.74, 6) is 1.26. The highest BCUT2D eigenvalue weighted by Crippen LogP contribution is 2.39. The molecule has 1 aromatic heterocycles. The van der Waals surface area contributed by atoms with Gasteiger partial charge in [-0.25, -0.2) is 9.78 Å². The first-order chi connectivity index (χ1) is 8.65. The summed E-state index contributed by atoms with van der Waals surface area (Å²) in [6, 6.07) is 1.59. The van der Waals surface area contributed by atoms with Crippen molar-refractivity contribution in [1.29, 1.82) is 0 Å². The fourth-order valence-electron chi connectivity index (χ4n) is 3.19. The van der Waals surface area contributed by atoms with Gasteiger partial charge in [0.15, 0.2) is 0 Å². The van der Waals surface area contributed by atoms with E-state index >= 15 is 0 Å². The number of aromatic nitrogens is 1.